The van der Waals surface area contributed by atoms with Gasteiger partial charge in [-0.05, 0) is 50.8 Å². The third kappa shape index (κ3) is 3.58. The maximum atomic E-state index is 6.28. The Balaban J connectivity index is 2.18. The van der Waals surface area contributed by atoms with Crippen LogP contribution in [0, 0.1) is 12.3 Å². The molecular formula is C17H28N2. The standard InChI is InChI=1S/C17H28N2/c1-13-6-5-7-15(12-13)16(14(2)18)19-10-8-17(3,4)9-11-19/h5-7,12,14,16H,8-11,18H2,1-4H3. The van der Waals surface area contributed by atoms with Crippen molar-refractivity contribution >= 4 is 0 Å². The maximum Gasteiger partial charge on any atom is 0.0496 e. The molecule has 0 bridgehead atoms. The number of hydrogen-bond donors (Lipinski definition) is 1. The molecule has 2 N–H and O–H groups in total. The van der Waals surface area contributed by atoms with E-state index in [2.05, 4.69) is 56.9 Å². The molecule has 1 aliphatic heterocycles. The van der Waals surface area contributed by atoms with Crippen LogP contribution in [-0.2, 0) is 0 Å². The van der Waals surface area contributed by atoms with Crippen molar-refractivity contribution in [3.63, 3.8) is 0 Å². The molecule has 0 aromatic heterocycles. The van der Waals surface area contributed by atoms with Crippen molar-refractivity contribution in [2.24, 2.45) is 11.1 Å². The summed E-state index contributed by atoms with van der Waals surface area (Å²) in [6, 6.07) is 9.34. The number of piperidine rings is 1. The first-order valence-corrected chi connectivity index (χ1v) is 7.45. The fourth-order valence-electron chi connectivity index (χ4n) is 3.11. The lowest BCUT2D eigenvalue weighted by Crippen LogP contribution is -2.45. The summed E-state index contributed by atoms with van der Waals surface area (Å²) in [5, 5.41) is 0. The van der Waals surface area contributed by atoms with Crippen molar-refractivity contribution < 1.29 is 0 Å². The molecule has 0 spiro atoms. The number of nitrogens with zero attached hydrogens (tertiary/aromatic N) is 1. The number of nitrogens with two attached hydrogens (primary N) is 1. The quantitative estimate of drug-likeness (QED) is 0.901. The third-order valence-electron chi connectivity index (χ3n) is 4.43. The van der Waals surface area contributed by atoms with Gasteiger partial charge in [0.25, 0.3) is 0 Å². The highest BCUT2D eigenvalue weighted by Gasteiger charge is 2.31. The van der Waals surface area contributed by atoms with Gasteiger partial charge in [-0.25, -0.2) is 0 Å². The van der Waals surface area contributed by atoms with E-state index in [9.17, 15) is 0 Å². The van der Waals surface area contributed by atoms with Gasteiger partial charge < -0.3 is 5.73 Å². The third-order valence-corrected chi connectivity index (χ3v) is 4.43. The molecule has 106 valence electrons. The van der Waals surface area contributed by atoms with Crippen molar-refractivity contribution in [1.82, 2.24) is 4.90 Å². The highest BCUT2D eigenvalue weighted by molar-refractivity contribution is 5.26. The lowest BCUT2D eigenvalue weighted by Gasteiger charge is -2.42. The van der Waals surface area contributed by atoms with E-state index < -0.39 is 0 Å². The van der Waals surface area contributed by atoms with Gasteiger partial charge in [0, 0.05) is 12.1 Å². The first-order valence-electron chi connectivity index (χ1n) is 7.45. The van der Waals surface area contributed by atoms with E-state index in [4.69, 9.17) is 5.73 Å². The number of aryl methyl sites for hydroxylation is 1. The molecule has 19 heavy (non-hydrogen) atoms. The molecule has 1 aromatic rings. The summed E-state index contributed by atoms with van der Waals surface area (Å²) in [5.74, 6) is 0. The van der Waals surface area contributed by atoms with Gasteiger partial charge in [0.15, 0.2) is 0 Å². The Bertz CT molecular complexity index is 413. The first-order chi connectivity index (χ1) is 8.89. The zero-order chi connectivity index (χ0) is 14.0. The van der Waals surface area contributed by atoms with Crippen LogP contribution in [0.5, 0.6) is 0 Å². The molecule has 2 rings (SSSR count). The van der Waals surface area contributed by atoms with Crippen LogP contribution in [0.4, 0.5) is 0 Å². The smallest absolute Gasteiger partial charge is 0.0496 e. The van der Waals surface area contributed by atoms with E-state index >= 15 is 0 Å². The van der Waals surface area contributed by atoms with Gasteiger partial charge >= 0.3 is 0 Å². The zero-order valence-electron chi connectivity index (χ0n) is 12.8. The van der Waals surface area contributed by atoms with Crippen LogP contribution in [0.25, 0.3) is 0 Å². The number of rotatable bonds is 3. The van der Waals surface area contributed by atoms with Gasteiger partial charge in [-0.1, -0.05) is 43.7 Å². The largest absolute Gasteiger partial charge is 0.326 e. The van der Waals surface area contributed by atoms with Crippen LogP contribution in [0.15, 0.2) is 24.3 Å². The normalized spacial score (nSPS) is 23.0. The van der Waals surface area contributed by atoms with E-state index in [0.717, 1.165) is 13.1 Å². The Morgan fingerprint density at radius 2 is 1.84 bits per heavy atom. The second-order valence-corrected chi connectivity index (χ2v) is 6.92. The molecule has 1 aliphatic rings. The lowest BCUT2D eigenvalue weighted by atomic mass is 9.81. The van der Waals surface area contributed by atoms with Gasteiger partial charge in [-0.3, -0.25) is 4.90 Å². The molecule has 1 heterocycles. The fourth-order valence-corrected chi connectivity index (χ4v) is 3.11. The first kappa shape index (κ1) is 14.5. The second kappa shape index (κ2) is 5.64. The second-order valence-electron chi connectivity index (χ2n) is 6.92. The fraction of sp³-hybridized carbons (Fsp3) is 0.647. The van der Waals surface area contributed by atoms with Gasteiger partial charge in [0.05, 0.1) is 0 Å². The van der Waals surface area contributed by atoms with Crippen LogP contribution >= 0.6 is 0 Å². The Labute approximate surface area is 118 Å². The van der Waals surface area contributed by atoms with E-state index in [-0.39, 0.29) is 6.04 Å². The highest BCUT2D eigenvalue weighted by atomic mass is 15.2. The summed E-state index contributed by atoms with van der Waals surface area (Å²) in [7, 11) is 0. The van der Waals surface area contributed by atoms with E-state index in [1.54, 1.807) is 0 Å². The highest BCUT2D eigenvalue weighted by Crippen LogP contribution is 2.34. The maximum absolute atomic E-state index is 6.28. The van der Waals surface area contributed by atoms with Gasteiger partial charge in [-0.2, -0.15) is 0 Å². The van der Waals surface area contributed by atoms with E-state index in [0.29, 0.717) is 11.5 Å². The monoisotopic (exact) mass is 260 g/mol. The minimum Gasteiger partial charge on any atom is -0.326 e. The summed E-state index contributed by atoms with van der Waals surface area (Å²) in [5.41, 5.74) is 9.46. The Kier molecular flexibility index (Phi) is 4.32. The molecule has 2 atom stereocenters. The van der Waals surface area contributed by atoms with Crippen LogP contribution in [0.3, 0.4) is 0 Å². The molecule has 0 amide bonds. The van der Waals surface area contributed by atoms with Crippen molar-refractivity contribution in [2.45, 2.75) is 52.6 Å². The summed E-state index contributed by atoms with van der Waals surface area (Å²) in [6.07, 6.45) is 2.53. The Morgan fingerprint density at radius 1 is 1.21 bits per heavy atom. The Hall–Kier alpha value is -0.860. The lowest BCUT2D eigenvalue weighted by molar-refractivity contribution is 0.0841. The minimum absolute atomic E-state index is 0.169. The molecule has 2 nitrogen and oxygen atoms in total. The number of hydrogen-bond acceptors (Lipinski definition) is 2. The van der Waals surface area contributed by atoms with Crippen LogP contribution in [0.2, 0.25) is 0 Å². The predicted octanol–water partition coefficient (Wildman–Crippen LogP) is 3.51. The summed E-state index contributed by atoms with van der Waals surface area (Å²) in [6.45, 7) is 11.4. The van der Waals surface area contributed by atoms with Crippen LogP contribution < -0.4 is 5.73 Å². The van der Waals surface area contributed by atoms with Gasteiger partial charge in [0.2, 0.25) is 0 Å². The summed E-state index contributed by atoms with van der Waals surface area (Å²) >= 11 is 0. The number of benzene rings is 1. The van der Waals surface area contributed by atoms with Crippen molar-refractivity contribution in [2.75, 3.05) is 13.1 Å². The molecule has 0 saturated carbocycles. The molecule has 0 radical (unpaired) electrons. The summed E-state index contributed by atoms with van der Waals surface area (Å²) < 4.78 is 0. The van der Waals surface area contributed by atoms with Crippen molar-refractivity contribution in [3.8, 4) is 0 Å². The topological polar surface area (TPSA) is 29.3 Å². The molecule has 2 heteroatoms. The molecule has 1 saturated heterocycles. The molecule has 1 fully saturated rings. The average Bonchev–Trinajstić information content (AvgIpc) is 2.31. The molecule has 2 unspecified atom stereocenters. The minimum atomic E-state index is 0.169. The van der Waals surface area contributed by atoms with Crippen molar-refractivity contribution in [1.29, 1.82) is 0 Å². The number of likely N-dealkylation sites (tertiary alicyclic amines) is 1. The van der Waals surface area contributed by atoms with Crippen molar-refractivity contribution in [3.05, 3.63) is 35.4 Å². The predicted molar refractivity (Wildman–Crippen MR) is 82.2 cm³/mol. The van der Waals surface area contributed by atoms with Gasteiger partial charge in [0.1, 0.15) is 0 Å². The van der Waals surface area contributed by atoms with E-state index in [1.807, 2.05) is 0 Å². The Morgan fingerprint density at radius 3 is 2.37 bits per heavy atom. The molecule has 1 aromatic carbocycles. The van der Waals surface area contributed by atoms with Crippen LogP contribution in [0.1, 0.15) is 50.8 Å². The average molecular weight is 260 g/mol. The van der Waals surface area contributed by atoms with Gasteiger partial charge in [-0.15, -0.1) is 0 Å². The molecule has 0 aliphatic carbocycles. The molecular weight excluding hydrogens is 232 g/mol. The zero-order valence-corrected chi connectivity index (χ0v) is 12.8. The SMILES string of the molecule is Cc1cccc(C(C(C)N)N2CCC(C)(C)CC2)c1. The van der Waals surface area contributed by atoms with E-state index in [1.165, 1.54) is 24.0 Å². The summed E-state index contributed by atoms with van der Waals surface area (Å²) in [4.78, 5) is 2.57. The van der Waals surface area contributed by atoms with Crippen LogP contribution in [-0.4, -0.2) is 24.0 Å².